The van der Waals surface area contributed by atoms with Crippen LogP contribution in [0.5, 0.6) is 0 Å². The maximum absolute atomic E-state index is 12.9. The van der Waals surface area contributed by atoms with Crippen molar-refractivity contribution in [3.05, 3.63) is 34.3 Å². The van der Waals surface area contributed by atoms with E-state index in [0.717, 1.165) is 10.0 Å². The van der Waals surface area contributed by atoms with Crippen molar-refractivity contribution in [2.75, 3.05) is 20.3 Å². The number of nitrogens with zero attached hydrogens (tertiary/aromatic N) is 1. The average Bonchev–Trinajstić information content (AvgIpc) is 2.82. The van der Waals surface area contributed by atoms with Crippen molar-refractivity contribution in [3.63, 3.8) is 0 Å². The van der Waals surface area contributed by atoms with E-state index in [1.54, 1.807) is 12.1 Å². The predicted octanol–water partition coefficient (Wildman–Crippen LogP) is 4.35. The second-order valence-electron chi connectivity index (χ2n) is 4.75. The molecule has 0 amide bonds. The van der Waals surface area contributed by atoms with Crippen LogP contribution in [-0.2, 0) is 18.5 Å². The van der Waals surface area contributed by atoms with Crippen LogP contribution < -0.4 is 0 Å². The van der Waals surface area contributed by atoms with E-state index in [1.165, 1.54) is 0 Å². The molecule has 1 heterocycles. The van der Waals surface area contributed by atoms with Gasteiger partial charge in [-0.3, -0.25) is 9.40 Å². The van der Waals surface area contributed by atoms with E-state index >= 15 is 0 Å². The Morgan fingerprint density at radius 3 is 2.52 bits per heavy atom. The fraction of sp³-hybridized carbons (Fsp3) is 0.571. The Morgan fingerprint density at radius 2 is 1.95 bits per heavy atom. The molecule has 1 aromatic rings. The number of hydroxylamine groups is 2. The Bertz CT molecular complexity index is 517. The molecule has 0 aliphatic carbocycles. The third kappa shape index (κ3) is 3.76. The van der Waals surface area contributed by atoms with Crippen LogP contribution in [0.1, 0.15) is 31.9 Å². The largest absolute Gasteiger partial charge is 0.350 e. The van der Waals surface area contributed by atoms with Gasteiger partial charge >= 0.3 is 7.60 Å². The summed E-state index contributed by atoms with van der Waals surface area (Å²) in [6, 6.07) is 7.88. The Morgan fingerprint density at radius 1 is 1.33 bits per heavy atom. The first kappa shape index (κ1) is 17.1. The van der Waals surface area contributed by atoms with Crippen LogP contribution >= 0.6 is 23.5 Å². The highest BCUT2D eigenvalue weighted by molar-refractivity contribution is 9.10. The summed E-state index contributed by atoms with van der Waals surface area (Å²) in [6.45, 7) is 4.32. The van der Waals surface area contributed by atoms with Crippen LogP contribution in [0.15, 0.2) is 28.7 Å². The number of rotatable bonds is 6. The summed E-state index contributed by atoms with van der Waals surface area (Å²) in [4.78, 5) is 5.85. The minimum Gasteiger partial charge on any atom is -0.308 e. The van der Waals surface area contributed by atoms with E-state index in [-0.39, 0.29) is 6.10 Å². The Hall–Kier alpha value is -0.230. The average molecular weight is 378 g/mol. The van der Waals surface area contributed by atoms with E-state index in [1.807, 2.05) is 38.1 Å². The molecule has 118 valence electrons. The van der Waals surface area contributed by atoms with Crippen LogP contribution in [0.3, 0.4) is 0 Å². The van der Waals surface area contributed by atoms with Gasteiger partial charge in [-0.2, -0.15) is 5.06 Å². The van der Waals surface area contributed by atoms with Crippen LogP contribution in [0.4, 0.5) is 0 Å². The summed E-state index contributed by atoms with van der Waals surface area (Å²) in [5.74, 6) is -0.394. The first-order valence-electron chi connectivity index (χ1n) is 7.04. The van der Waals surface area contributed by atoms with Crippen LogP contribution in [0, 0.1) is 0 Å². The molecular weight excluding hydrogens is 357 g/mol. The van der Waals surface area contributed by atoms with Crippen molar-refractivity contribution in [2.45, 2.75) is 32.2 Å². The highest BCUT2D eigenvalue weighted by Gasteiger charge is 2.46. The van der Waals surface area contributed by atoms with Crippen molar-refractivity contribution in [1.29, 1.82) is 0 Å². The molecule has 0 radical (unpaired) electrons. The third-order valence-electron chi connectivity index (χ3n) is 3.37. The summed E-state index contributed by atoms with van der Waals surface area (Å²) in [6.07, 6.45) is 0.404. The SMILES string of the molecule is CCOP(=O)(OCC)[C@H]1C[C@H](c2ccccc2Br)ON1C. The van der Waals surface area contributed by atoms with E-state index in [4.69, 9.17) is 13.9 Å². The van der Waals surface area contributed by atoms with Gasteiger partial charge in [-0.05, 0) is 25.5 Å². The molecule has 1 saturated heterocycles. The van der Waals surface area contributed by atoms with Crippen LogP contribution in [-0.4, -0.2) is 31.1 Å². The van der Waals surface area contributed by atoms with Gasteiger partial charge in [0.05, 0.1) is 13.2 Å². The summed E-state index contributed by atoms with van der Waals surface area (Å²) < 4.78 is 24.8. The van der Waals surface area contributed by atoms with Gasteiger partial charge < -0.3 is 9.05 Å². The van der Waals surface area contributed by atoms with Gasteiger partial charge in [0.25, 0.3) is 0 Å². The molecule has 1 aromatic carbocycles. The monoisotopic (exact) mass is 377 g/mol. The van der Waals surface area contributed by atoms with Gasteiger partial charge in [0, 0.05) is 17.9 Å². The normalized spacial score (nSPS) is 23.6. The quantitative estimate of drug-likeness (QED) is 0.689. The molecule has 2 rings (SSSR count). The van der Waals surface area contributed by atoms with E-state index in [9.17, 15) is 4.57 Å². The summed E-state index contributed by atoms with van der Waals surface area (Å²) >= 11 is 3.53. The van der Waals surface area contributed by atoms with Crippen molar-refractivity contribution in [3.8, 4) is 0 Å². The highest BCUT2D eigenvalue weighted by Crippen LogP contribution is 2.59. The summed E-state index contributed by atoms with van der Waals surface area (Å²) in [5, 5.41) is 1.61. The first-order valence-corrected chi connectivity index (χ1v) is 9.45. The van der Waals surface area contributed by atoms with Crippen molar-refractivity contribution in [1.82, 2.24) is 5.06 Å². The first-order chi connectivity index (χ1) is 10.0. The predicted molar refractivity (Wildman–Crippen MR) is 85.0 cm³/mol. The number of benzene rings is 1. The molecule has 7 heteroatoms. The van der Waals surface area contributed by atoms with Crippen molar-refractivity contribution >= 4 is 23.5 Å². The molecule has 0 saturated carbocycles. The molecule has 1 fully saturated rings. The molecule has 0 spiro atoms. The molecule has 0 unspecified atom stereocenters. The van der Waals surface area contributed by atoms with Crippen LogP contribution in [0.2, 0.25) is 0 Å². The van der Waals surface area contributed by atoms with E-state index < -0.39 is 13.4 Å². The van der Waals surface area contributed by atoms with E-state index in [2.05, 4.69) is 15.9 Å². The van der Waals surface area contributed by atoms with E-state index in [0.29, 0.717) is 19.6 Å². The molecule has 0 N–H and O–H groups in total. The lowest BCUT2D eigenvalue weighted by molar-refractivity contribution is -0.137. The standard InChI is InChI=1S/C14H21BrNO4P/c1-4-18-21(17,19-5-2)14-10-13(20-16(14)3)11-8-6-7-9-12(11)15/h6-9,13-14H,4-5,10H2,1-3H3/t13-,14+/m1/s1. The lowest BCUT2D eigenvalue weighted by atomic mass is 10.1. The van der Waals surface area contributed by atoms with Gasteiger partial charge in [0.2, 0.25) is 0 Å². The zero-order valence-electron chi connectivity index (χ0n) is 12.5. The van der Waals surface area contributed by atoms with Gasteiger partial charge in [0.1, 0.15) is 11.9 Å². The smallest absolute Gasteiger partial charge is 0.308 e. The molecule has 1 aliphatic heterocycles. The minimum absolute atomic E-state index is 0.162. The number of hydrogen-bond donors (Lipinski definition) is 0. The summed E-state index contributed by atoms with van der Waals surface area (Å²) in [7, 11) is -1.44. The van der Waals surface area contributed by atoms with Gasteiger partial charge in [-0.1, -0.05) is 34.1 Å². The lowest BCUT2D eigenvalue weighted by Crippen LogP contribution is -2.25. The minimum atomic E-state index is -3.21. The Labute approximate surface area is 134 Å². The topological polar surface area (TPSA) is 48.0 Å². The molecule has 21 heavy (non-hydrogen) atoms. The molecule has 5 nitrogen and oxygen atoms in total. The summed E-state index contributed by atoms with van der Waals surface area (Å²) in [5.41, 5.74) is 1.03. The maximum atomic E-state index is 12.9. The van der Waals surface area contributed by atoms with Gasteiger partial charge in [0.15, 0.2) is 0 Å². The zero-order valence-corrected chi connectivity index (χ0v) is 15.0. The molecular formula is C14H21BrNO4P. The lowest BCUT2D eigenvalue weighted by Gasteiger charge is -2.25. The fourth-order valence-corrected chi connectivity index (χ4v) is 5.05. The van der Waals surface area contributed by atoms with Gasteiger partial charge in [-0.15, -0.1) is 0 Å². The maximum Gasteiger partial charge on any atom is 0.350 e. The molecule has 2 atom stereocenters. The fourth-order valence-electron chi connectivity index (χ4n) is 2.47. The Balaban J connectivity index is 2.21. The third-order valence-corrected chi connectivity index (χ3v) is 6.60. The second-order valence-corrected chi connectivity index (χ2v) is 7.80. The molecule has 0 bridgehead atoms. The second kappa shape index (κ2) is 7.36. The van der Waals surface area contributed by atoms with Crippen molar-refractivity contribution in [2.24, 2.45) is 0 Å². The van der Waals surface area contributed by atoms with Crippen LogP contribution in [0.25, 0.3) is 0 Å². The van der Waals surface area contributed by atoms with Crippen molar-refractivity contribution < 1.29 is 18.5 Å². The molecule has 0 aromatic heterocycles. The molecule has 1 aliphatic rings. The highest BCUT2D eigenvalue weighted by atomic mass is 79.9. The number of halogens is 1. The number of hydrogen-bond acceptors (Lipinski definition) is 5. The van der Waals surface area contributed by atoms with Gasteiger partial charge in [-0.25, -0.2) is 0 Å². The zero-order chi connectivity index (χ0) is 15.5. The Kier molecular flexibility index (Phi) is 6.00.